The third kappa shape index (κ3) is 2.29. The molecule has 0 unspecified atom stereocenters. The Balaban J connectivity index is 1.98. The second-order valence-electron chi connectivity index (χ2n) is 6.11. The fourth-order valence-electron chi connectivity index (χ4n) is 3.28. The summed E-state index contributed by atoms with van der Waals surface area (Å²) >= 11 is 1.46. The minimum absolute atomic E-state index is 0.0229. The van der Waals surface area contributed by atoms with E-state index < -0.39 is 5.97 Å². The zero-order chi connectivity index (χ0) is 18.6. The van der Waals surface area contributed by atoms with Crippen LogP contribution in [0.4, 0.5) is 5.69 Å². The van der Waals surface area contributed by atoms with Crippen molar-refractivity contribution in [3.05, 3.63) is 34.5 Å². The summed E-state index contributed by atoms with van der Waals surface area (Å²) in [5.41, 5.74) is 3.04. The summed E-state index contributed by atoms with van der Waals surface area (Å²) in [6.07, 6.45) is 0.545. The molecule has 0 atom stereocenters. The lowest BCUT2D eigenvalue weighted by molar-refractivity contribution is -0.120. The Morgan fingerprint density at radius 1 is 1.42 bits per heavy atom. The quantitative estimate of drug-likeness (QED) is 0.765. The summed E-state index contributed by atoms with van der Waals surface area (Å²) in [6, 6.07) is 5.56. The van der Waals surface area contributed by atoms with Crippen LogP contribution in [0.2, 0.25) is 0 Å². The molecule has 0 bridgehead atoms. The zero-order valence-corrected chi connectivity index (χ0v) is 15.4. The normalized spacial score (nSPS) is 13.8. The van der Waals surface area contributed by atoms with Gasteiger partial charge in [0.1, 0.15) is 5.75 Å². The fraction of sp³-hybridized carbons (Fsp3) is 0.278. The topological polar surface area (TPSA) is 84.1 Å². The molecule has 1 amide bonds. The van der Waals surface area contributed by atoms with Gasteiger partial charge in [-0.3, -0.25) is 9.20 Å². The van der Waals surface area contributed by atoms with Gasteiger partial charge in [0.15, 0.2) is 17.3 Å². The predicted molar refractivity (Wildman–Crippen MR) is 98.5 cm³/mol. The number of carbonyl (C=O) groups excluding carboxylic acids is 1. The summed E-state index contributed by atoms with van der Waals surface area (Å²) in [6.45, 7) is 3.86. The molecule has 0 aliphatic carbocycles. The standard InChI is InChI=1S/C18H17N3O4S/c1-4-11-16(17(23)24)21-15(9(2)26-18(21)19-11)10-5-6-13-12(7-10)20(3)14(22)8-25-13/h5-7H,4,8H2,1-3H3,(H,23,24). The number of aryl methyl sites for hydroxylation is 2. The Hall–Kier alpha value is -2.87. The van der Waals surface area contributed by atoms with Gasteiger partial charge in [0.25, 0.3) is 5.91 Å². The molecule has 4 rings (SSSR count). The smallest absolute Gasteiger partial charge is 0.354 e. The zero-order valence-electron chi connectivity index (χ0n) is 14.6. The van der Waals surface area contributed by atoms with Gasteiger partial charge in [0.05, 0.1) is 17.1 Å². The number of ether oxygens (including phenoxy) is 1. The van der Waals surface area contributed by atoms with Gasteiger partial charge in [-0.2, -0.15) is 0 Å². The number of anilines is 1. The Morgan fingerprint density at radius 3 is 2.88 bits per heavy atom. The molecule has 8 heteroatoms. The lowest BCUT2D eigenvalue weighted by Gasteiger charge is -2.26. The molecule has 0 fully saturated rings. The molecule has 7 nitrogen and oxygen atoms in total. The van der Waals surface area contributed by atoms with Crippen LogP contribution in [0.5, 0.6) is 5.75 Å². The van der Waals surface area contributed by atoms with Crippen LogP contribution < -0.4 is 9.64 Å². The first-order valence-corrected chi connectivity index (χ1v) is 9.01. The van der Waals surface area contributed by atoms with Crippen molar-refractivity contribution in [1.82, 2.24) is 9.38 Å². The lowest BCUT2D eigenvalue weighted by Crippen LogP contribution is -2.35. The molecule has 1 N–H and O–H groups in total. The Labute approximate surface area is 153 Å². The van der Waals surface area contributed by atoms with Crippen LogP contribution in [-0.2, 0) is 11.2 Å². The highest BCUT2D eigenvalue weighted by molar-refractivity contribution is 7.17. The van der Waals surface area contributed by atoms with E-state index in [9.17, 15) is 14.7 Å². The number of fused-ring (bicyclic) bond motifs is 2. The number of imidazole rings is 1. The van der Waals surface area contributed by atoms with Crippen molar-refractivity contribution in [1.29, 1.82) is 0 Å². The van der Waals surface area contributed by atoms with Crippen LogP contribution in [0.3, 0.4) is 0 Å². The first-order chi connectivity index (χ1) is 12.4. The van der Waals surface area contributed by atoms with Crippen LogP contribution in [0.1, 0.15) is 28.0 Å². The summed E-state index contributed by atoms with van der Waals surface area (Å²) in [4.78, 5) is 31.4. The first kappa shape index (κ1) is 16.6. The van der Waals surface area contributed by atoms with Gasteiger partial charge in [0.2, 0.25) is 0 Å². The van der Waals surface area contributed by atoms with Gasteiger partial charge in [-0.05, 0) is 31.5 Å². The van der Waals surface area contributed by atoms with Gasteiger partial charge < -0.3 is 14.7 Å². The molecular formula is C18H17N3O4S. The number of thiazole rings is 1. The van der Waals surface area contributed by atoms with Crippen LogP contribution in [-0.4, -0.2) is 40.0 Å². The van der Waals surface area contributed by atoms with Crippen molar-refractivity contribution < 1.29 is 19.4 Å². The molecule has 1 aromatic carbocycles. The van der Waals surface area contributed by atoms with Crippen molar-refractivity contribution in [2.45, 2.75) is 20.3 Å². The fourth-order valence-corrected chi connectivity index (χ4v) is 4.29. The van der Waals surface area contributed by atoms with E-state index in [1.807, 2.05) is 32.0 Å². The number of hydrogen-bond acceptors (Lipinski definition) is 5. The van der Waals surface area contributed by atoms with Gasteiger partial charge >= 0.3 is 5.97 Å². The molecule has 2 aromatic heterocycles. The number of likely N-dealkylation sites (N-methyl/N-ethyl adjacent to an activating group) is 1. The second kappa shape index (κ2) is 5.84. The number of carboxylic acids is 1. The number of amides is 1. The number of carbonyl (C=O) groups is 2. The molecular weight excluding hydrogens is 354 g/mol. The van der Waals surface area contributed by atoms with E-state index in [4.69, 9.17) is 4.74 Å². The highest BCUT2D eigenvalue weighted by atomic mass is 32.1. The maximum atomic E-state index is 11.9. The molecule has 1 aliphatic heterocycles. The molecule has 0 spiro atoms. The molecule has 134 valence electrons. The molecule has 26 heavy (non-hydrogen) atoms. The number of benzene rings is 1. The lowest BCUT2D eigenvalue weighted by atomic mass is 10.1. The van der Waals surface area contributed by atoms with Crippen molar-refractivity contribution in [2.75, 3.05) is 18.6 Å². The van der Waals surface area contributed by atoms with E-state index >= 15 is 0 Å². The minimum atomic E-state index is -0.998. The van der Waals surface area contributed by atoms with Crippen molar-refractivity contribution in [2.24, 2.45) is 0 Å². The largest absolute Gasteiger partial charge is 0.482 e. The van der Waals surface area contributed by atoms with Crippen LogP contribution >= 0.6 is 11.3 Å². The van der Waals surface area contributed by atoms with Gasteiger partial charge in [0, 0.05) is 17.5 Å². The summed E-state index contributed by atoms with van der Waals surface area (Å²) in [5.74, 6) is -0.482. The van der Waals surface area contributed by atoms with E-state index in [-0.39, 0.29) is 18.2 Å². The van der Waals surface area contributed by atoms with Gasteiger partial charge in [-0.1, -0.05) is 6.92 Å². The van der Waals surface area contributed by atoms with Crippen molar-refractivity contribution in [3.63, 3.8) is 0 Å². The molecule has 3 aromatic rings. The summed E-state index contributed by atoms with van der Waals surface area (Å²) < 4.78 is 7.18. The average Bonchev–Trinajstić information content (AvgIpc) is 3.11. The SMILES string of the molecule is CCc1nc2sc(C)c(-c3ccc4c(c3)N(C)C(=O)CO4)n2c1C(=O)O. The average molecular weight is 371 g/mol. The molecule has 1 aliphatic rings. The Bertz CT molecular complexity index is 1070. The van der Waals surface area contributed by atoms with E-state index in [1.54, 1.807) is 16.3 Å². The van der Waals surface area contributed by atoms with E-state index in [2.05, 4.69) is 4.98 Å². The highest BCUT2D eigenvalue weighted by Crippen LogP contribution is 2.39. The molecule has 0 saturated heterocycles. The maximum Gasteiger partial charge on any atom is 0.354 e. The summed E-state index contributed by atoms with van der Waals surface area (Å²) in [5, 5.41) is 9.70. The highest BCUT2D eigenvalue weighted by Gasteiger charge is 2.26. The number of aromatic carboxylic acids is 1. The predicted octanol–water partition coefficient (Wildman–Crippen LogP) is 2.99. The van der Waals surface area contributed by atoms with E-state index in [0.717, 1.165) is 16.1 Å². The van der Waals surface area contributed by atoms with E-state index in [1.165, 1.54) is 11.3 Å². The molecule has 0 radical (unpaired) electrons. The number of carboxylic acid groups (broad SMARTS) is 1. The minimum Gasteiger partial charge on any atom is -0.482 e. The Kier molecular flexibility index (Phi) is 3.73. The second-order valence-corrected chi connectivity index (χ2v) is 7.30. The third-order valence-corrected chi connectivity index (χ3v) is 5.53. The maximum absolute atomic E-state index is 11.9. The van der Waals surface area contributed by atoms with Gasteiger partial charge in [-0.25, -0.2) is 9.78 Å². The van der Waals surface area contributed by atoms with Crippen LogP contribution in [0.15, 0.2) is 18.2 Å². The third-order valence-electron chi connectivity index (χ3n) is 4.58. The molecule has 3 heterocycles. The monoisotopic (exact) mass is 371 g/mol. The first-order valence-electron chi connectivity index (χ1n) is 8.20. The van der Waals surface area contributed by atoms with Crippen LogP contribution in [0, 0.1) is 6.92 Å². The number of nitrogens with zero attached hydrogens (tertiary/aromatic N) is 3. The molecule has 0 saturated carbocycles. The number of aromatic nitrogens is 2. The van der Waals surface area contributed by atoms with Crippen LogP contribution in [0.25, 0.3) is 16.2 Å². The van der Waals surface area contributed by atoms with Crippen molar-refractivity contribution >= 4 is 33.9 Å². The van der Waals surface area contributed by atoms with E-state index in [0.29, 0.717) is 28.5 Å². The van der Waals surface area contributed by atoms with Gasteiger partial charge in [-0.15, -0.1) is 11.3 Å². The number of rotatable bonds is 3. The number of hydrogen-bond donors (Lipinski definition) is 1. The Morgan fingerprint density at radius 2 is 2.19 bits per heavy atom. The summed E-state index contributed by atoms with van der Waals surface area (Å²) in [7, 11) is 1.71. The van der Waals surface area contributed by atoms with Crippen molar-refractivity contribution in [3.8, 4) is 17.0 Å².